The Bertz CT molecular complexity index is 510. The van der Waals surface area contributed by atoms with Gasteiger partial charge >= 0.3 is 0 Å². The van der Waals surface area contributed by atoms with Gasteiger partial charge in [-0.1, -0.05) is 44.0 Å². The van der Waals surface area contributed by atoms with E-state index < -0.39 is 0 Å². The van der Waals surface area contributed by atoms with E-state index in [-0.39, 0.29) is 5.41 Å². The number of aromatic nitrogens is 1. The average Bonchev–Trinajstić information content (AvgIpc) is 2.78. The number of pyridine rings is 1. The van der Waals surface area contributed by atoms with Gasteiger partial charge in [0.1, 0.15) is 5.82 Å². The molecule has 0 amide bonds. The number of nitrogens with zero attached hydrogens (tertiary/aromatic N) is 1. The van der Waals surface area contributed by atoms with Gasteiger partial charge in [0.2, 0.25) is 0 Å². The Balaban J connectivity index is 1.90. The molecular formula is C15H20Cl2N2. The fraction of sp³-hybridized carbons (Fsp3) is 0.667. The highest BCUT2D eigenvalue weighted by atomic mass is 35.5. The van der Waals surface area contributed by atoms with E-state index in [2.05, 4.69) is 31.1 Å². The minimum absolute atomic E-state index is 0.289. The summed E-state index contributed by atoms with van der Waals surface area (Å²) in [7, 11) is 0. The summed E-state index contributed by atoms with van der Waals surface area (Å²) in [6, 6.07) is 2.17. The van der Waals surface area contributed by atoms with Crippen LogP contribution in [0.5, 0.6) is 0 Å². The standard InChI is InChI=1S/C15H20Cl2N2/c1-14(2)9-4-5-15(3,7-9)13(14)19-12-11(17)6-10(16)8-18-12/h6,8-9,13H,4-5,7H2,1-3H3,(H,18,19). The topological polar surface area (TPSA) is 24.9 Å². The summed E-state index contributed by atoms with van der Waals surface area (Å²) in [5.41, 5.74) is 0.649. The highest BCUT2D eigenvalue weighted by molar-refractivity contribution is 6.35. The van der Waals surface area contributed by atoms with Crippen molar-refractivity contribution in [3.8, 4) is 0 Å². The summed E-state index contributed by atoms with van der Waals surface area (Å²) in [5.74, 6) is 1.57. The molecule has 1 aromatic heterocycles. The van der Waals surface area contributed by atoms with Gasteiger partial charge in [0.15, 0.2) is 0 Å². The minimum Gasteiger partial charge on any atom is -0.365 e. The SMILES string of the molecule is CC12CCC(C1)C(C)(C)C2Nc1ncc(Cl)cc1Cl. The van der Waals surface area contributed by atoms with Crippen LogP contribution in [-0.2, 0) is 0 Å². The van der Waals surface area contributed by atoms with Crippen LogP contribution in [0.4, 0.5) is 5.82 Å². The second kappa shape index (κ2) is 4.26. The molecule has 19 heavy (non-hydrogen) atoms. The number of hydrogen-bond acceptors (Lipinski definition) is 2. The molecule has 104 valence electrons. The van der Waals surface area contributed by atoms with E-state index in [4.69, 9.17) is 23.2 Å². The van der Waals surface area contributed by atoms with E-state index in [1.165, 1.54) is 19.3 Å². The molecule has 2 fully saturated rings. The Kier molecular flexibility index (Phi) is 3.03. The van der Waals surface area contributed by atoms with E-state index in [0.29, 0.717) is 21.5 Å². The maximum Gasteiger partial charge on any atom is 0.145 e. The highest BCUT2D eigenvalue weighted by Gasteiger charge is 2.59. The maximum absolute atomic E-state index is 6.24. The molecule has 3 rings (SSSR count). The Hall–Kier alpha value is -0.470. The molecule has 1 N–H and O–H groups in total. The second-order valence-electron chi connectivity index (χ2n) is 6.98. The van der Waals surface area contributed by atoms with Gasteiger partial charge in [-0.2, -0.15) is 0 Å². The number of hydrogen-bond donors (Lipinski definition) is 1. The molecule has 3 unspecified atom stereocenters. The van der Waals surface area contributed by atoms with Crippen LogP contribution in [0.25, 0.3) is 0 Å². The van der Waals surface area contributed by atoms with Gasteiger partial charge in [-0.25, -0.2) is 4.98 Å². The zero-order valence-corrected chi connectivity index (χ0v) is 13.1. The lowest BCUT2D eigenvalue weighted by atomic mass is 9.68. The van der Waals surface area contributed by atoms with E-state index in [1.807, 2.05) is 0 Å². The summed E-state index contributed by atoms with van der Waals surface area (Å²) >= 11 is 12.1. The third-order valence-corrected chi connectivity index (χ3v) is 5.85. The van der Waals surface area contributed by atoms with Gasteiger partial charge in [-0.3, -0.25) is 0 Å². The third-order valence-electron chi connectivity index (χ3n) is 5.36. The zero-order chi connectivity index (χ0) is 13.8. The van der Waals surface area contributed by atoms with Crippen molar-refractivity contribution in [2.24, 2.45) is 16.7 Å². The molecule has 2 aliphatic rings. The fourth-order valence-corrected chi connectivity index (χ4v) is 4.75. The van der Waals surface area contributed by atoms with Gasteiger partial charge in [0.25, 0.3) is 0 Å². The van der Waals surface area contributed by atoms with Crippen molar-refractivity contribution < 1.29 is 0 Å². The fourth-order valence-electron chi connectivity index (χ4n) is 4.32. The van der Waals surface area contributed by atoms with E-state index in [0.717, 1.165) is 11.7 Å². The zero-order valence-electron chi connectivity index (χ0n) is 11.6. The molecule has 0 aliphatic heterocycles. The molecule has 2 aliphatic carbocycles. The Labute approximate surface area is 124 Å². The molecule has 0 aromatic carbocycles. The van der Waals surface area contributed by atoms with Crippen LogP contribution in [0.2, 0.25) is 10.0 Å². The smallest absolute Gasteiger partial charge is 0.145 e. The number of halogens is 2. The van der Waals surface area contributed by atoms with Crippen molar-refractivity contribution in [3.63, 3.8) is 0 Å². The van der Waals surface area contributed by atoms with Gasteiger partial charge in [0.05, 0.1) is 10.0 Å². The van der Waals surface area contributed by atoms with Crippen LogP contribution >= 0.6 is 23.2 Å². The summed E-state index contributed by atoms with van der Waals surface area (Å²) in [6.45, 7) is 7.12. The predicted octanol–water partition coefficient (Wildman–Crippen LogP) is 5.02. The Morgan fingerprint density at radius 1 is 1.32 bits per heavy atom. The van der Waals surface area contributed by atoms with Crippen molar-refractivity contribution in [2.75, 3.05) is 5.32 Å². The second-order valence-corrected chi connectivity index (χ2v) is 7.82. The first kappa shape index (κ1) is 13.5. The average molecular weight is 299 g/mol. The van der Waals surface area contributed by atoms with Gasteiger partial charge < -0.3 is 5.32 Å². The Morgan fingerprint density at radius 3 is 2.63 bits per heavy atom. The van der Waals surface area contributed by atoms with Crippen LogP contribution < -0.4 is 5.32 Å². The molecule has 0 saturated heterocycles. The predicted molar refractivity (Wildman–Crippen MR) is 80.9 cm³/mol. The van der Waals surface area contributed by atoms with E-state index in [1.54, 1.807) is 12.3 Å². The molecule has 2 saturated carbocycles. The van der Waals surface area contributed by atoms with Crippen molar-refractivity contribution in [1.29, 1.82) is 0 Å². The normalized spacial score (nSPS) is 35.6. The number of anilines is 1. The van der Waals surface area contributed by atoms with Crippen LogP contribution in [0.3, 0.4) is 0 Å². The minimum atomic E-state index is 0.289. The molecule has 4 heteroatoms. The number of rotatable bonds is 2. The first-order chi connectivity index (χ1) is 8.83. The maximum atomic E-state index is 6.24. The summed E-state index contributed by atoms with van der Waals surface area (Å²) in [5, 5.41) is 4.78. The van der Waals surface area contributed by atoms with Crippen LogP contribution in [0, 0.1) is 16.7 Å². The van der Waals surface area contributed by atoms with Crippen LogP contribution in [-0.4, -0.2) is 11.0 Å². The number of nitrogens with one attached hydrogen (secondary N) is 1. The van der Waals surface area contributed by atoms with E-state index >= 15 is 0 Å². The number of fused-ring (bicyclic) bond motifs is 2. The highest BCUT2D eigenvalue weighted by Crippen LogP contribution is 2.63. The van der Waals surface area contributed by atoms with Crippen molar-refractivity contribution in [1.82, 2.24) is 4.98 Å². The lowest BCUT2D eigenvalue weighted by Gasteiger charge is -2.43. The van der Waals surface area contributed by atoms with Gasteiger partial charge in [-0.05, 0) is 42.1 Å². The van der Waals surface area contributed by atoms with Crippen molar-refractivity contribution in [3.05, 3.63) is 22.3 Å². The molecular weight excluding hydrogens is 279 g/mol. The van der Waals surface area contributed by atoms with Gasteiger partial charge in [-0.15, -0.1) is 0 Å². The molecule has 1 aromatic rings. The summed E-state index contributed by atoms with van der Waals surface area (Å²) in [6.07, 6.45) is 5.61. The lowest BCUT2D eigenvalue weighted by molar-refractivity contribution is 0.155. The first-order valence-corrected chi connectivity index (χ1v) is 7.66. The van der Waals surface area contributed by atoms with Crippen molar-refractivity contribution >= 4 is 29.0 Å². The van der Waals surface area contributed by atoms with Crippen molar-refractivity contribution in [2.45, 2.75) is 46.1 Å². The Morgan fingerprint density at radius 2 is 2.05 bits per heavy atom. The first-order valence-electron chi connectivity index (χ1n) is 6.90. The molecule has 0 radical (unpaired) electrons. The van der Waals surface area contributed by atoms with Crippen LogP contribution in [0.1, 0.15) is 40.0 Å². The molecule has 2 bridgehead atoms. The molecule has 2 nitrogen and oxygen atoms in total. The molecule has 3 atom stereocenters. The quantitative estimate of drug-likeness (QED) is 0.829. The summed E-state index contributed by atoms with van der Waals surface area (Å²) < 4.78 is 0. The molecule has 0 spiro atoms. The third kappa shape index (κ3) is 2.04. The van der Waals surface area contributed by atoms with Crippen LogP contribution in [0.15, 0.2) is 12.3 Å². The lowest BCUT2D eigenvalue weighted by Crippen LogP contribution is -2.46. The molecule has 1 heterocycles. The largest absolute Gasteiger partial charge is 0.365 e. The van der Waals surface area contributed by atoms with Gasteiger partial charge in [0, 0.05) is 12.2 Å². The monoisotopic (exact) mass is 298 g/mol. The van der Waals surface area contributed by atoms with E-state index in [9.17, 15) is 0 Å². The summed E-state index contributed by atoms with van der Waals surface area (Å²) in [4.78, 5) is 4.35.